The van der Waals surface area contributed by atoms with Gasteiger partial charge in [-0.05, 0) is 0 Å². The Morgan fingerprint density at radius 3 is 1.78 bits per heavy atom. The van der Waals surface area contributed by atoms with Gasteiger partial charge in [-0.15, -0.1) is 12.1 Å². The molecule has 0 atom stereocenters. The molecule has 0 unspecified atom stereocenters. The number of benzene rings is 2. The van der Waals surface area contributed by atoms with Gasteiger partial charge in [-0.1, -0.05) is 5.56 Å². The van der Waals surface area contributed by atoms with E-state index in [1.54, 1.807) is 31.4 Å². The number of hydrogen-bond acceptors (Lipinski definition) is 3. The van der Waals surface area contributed by atoms with Crippen LogP contribution in [0.3, 0.4) is 0 Å². The molecule has 0 radical (unpaired) electrons. The van der Waals surface area contributed by atoms with Crippen molar-refractivity contribution in [3.05, 3.63) is 66.2 Å². The average molecular weight is 284 g/mol. The van der Waals surface area contributed by atoms with E-state index >= 15 is 0 Å². The first-order valence-electron chi connectivity index (χ1n) is 4.86. The van der Waals surface area contributed by atoms with Crippen molar-refractivity contribution in [2.45, 2.75) is 0 Å². The van der Waals surface area contributed by atoms with E-state index in [-0.39, 0.29) is 0 Å². The molecule has 0 saturated carbocycles. The Labute approximate surface area is 115 Å². The van der Waals surface area contributed by atoms with Crippen LogP contribution in [0.25, 0.3) is 0 Å². The van der Waals surface area contributed by atoms with Gasteiger partial charge in [-0.25, -0.2) is 0 Å². The normalized spacial score (nSPS) is 7.61. The van der Waals surface area contributed by atoms with Gasteiger partial charge in [0.1, 0.15) is 0 Å². The van der Waals surface area contributed by atoms with Crippen LogP contribution in [-0.4, -0.2) is 7.11 Å². The Morgan fingerprint density at radius 2 is 1.50 bits per heavy atom. The summed E-state index contributed by atoms with van der Waals surface area (Å²) >= 11 is 2.31. The Balaban J connectivity index is 0.000000283. The van der Waals surface area contributed by atoms with Crippen LogP contribution in [-0.2, 0) is 19.5 Å². The summed E-state index contributed by atoms with van der Waals surface area (Å²) in [7, 11) is 1.65. The first kappa shape index (κ1) is 16.0. The van der Waals surface area contributed by atoms with Crippen LogP contribution in [0.15, 0.2) is 48.5 Å². The fraction of sp³-hybridized carbons (Fsp3) is 0.0714. The molecule has 0 fully saturated rings. The molecule has 95 valence electrons. The molecule has 0 aliphatic rings. The van der Waals surface area contributed by atoms with E-state index in [1.165, 1.54) is 0 Å². The predicted octanol–water partition coefficient (Wildman–Crippen LogP) is 2.73. The SMILES string of the molecule is COc1cc[c-]cc1.N#Cc1cc[c-]cc1.[O]=[Co]. The van der Waals surface area contributed by atoms with E-state index < -0.39 is 0 Å². The third-order valence-corrected chi connectivity index (χ3v) is 1.77. The van der Waals surface area contributed by atoms with Crippen LogP contribution in [0.2, 0.25) is 0 Å². The van der Waals surface area contributed by atoms with Crippen LogP contribution in [0.4, 0.5) is 0 Å². The Morgan fingerprint density at radius 1 is 1.06 bits per heavy atom. The monoisotopic (exact) mass is 284 g/mol. The van der Waals surface area contributed by atoms with E-state index in [0.29, 0.717) is 5.56 Å². The molecule has 18 heavy (non-hydrogen) atoms. The van der Waals surface area contributed by atoms with Crippen LogP contribution >= 0.6 is 0 Å². The molecule has 4 heteroatoms. The summed E-state index contributed by atoms with van der Waals surface area (Å²) < 4.78 is 12.8. The molecular weight excluding hydrogens is 273 g/mol. The number of nitrogens with zero attached hydrogens (tertiary/aromatic N) is 1. The van der Waals surface area contributed by atoms with Crippen LogP contribution in [0.1, 0.15) is 5.56 Å². The van der Waals surface area contributed by atoms with Crippen LogP contribution < -0.4 is 4.74 Å². The molecule has 0 amide bonds. The van der Waals surface area contributed by atoms with E-state index in [9.17, 15) is 0 Å². The molecule has 0 bridgehead atoms. The van der Waals surface area contributed by atoms with E-state index in [0.717, 1.165) is 5.75 Å². The molecule has 3 nitrogen and oxygen atoms in total. The number of hydrogen-bond donors (Lipinski definition) is 0. The van der Waals surface area contributed by atoms with Crippen LogP contribution in [0, 0.1) is 23.5 Å². The Kier molecular flexibility index (Phi) is 10.3. The number of nitriles is 1. The van der Waals surface area contributed by atoms with Gasteiger partial charge in [-0.2, -0.15) is 53.8 Å². The molecule has 0 aliphatic heterocycles. The van der Waals surface area contributed by atoms with E-state index in [4.69, 9.17) is 13.9 Å². The molecule has 0 aliphatic carbocycles. The van der Waals surface area contributed by atoms with Crippen molar-refractivity contribution in [2.75, 3.05) is 7.11 Å². The van der Waals surface area contributed by atoms with Crippen molar-refractivity contribution < 1.29 is 24.3 Å². The second-order valence-corrected chi connectivity index (χ2v) is 2.84. The third kappa shape index (κ3) is 7.33. The zero-order valence-corrected chi connectivity index (χ0v) is 10.8. The summed E-state index contributed by atoms with van der Waals surface area (Å²) in [6.45, 7) is 0. The Bertz CT molecular complexity index is 454. The zero-order chi connectivity index (χ0) is 13.6. The molecule has 0 heterocycles. The third-order valence-electron chi connectivity index (χ3n) is 1.77. The van der Waals surface area contributed by atoms with Crippen molar-refractivity contribution in [1.82, 2.24) is 0 Å². The van der Waals surface area contributed by atoms with Crippen molar-refractivity contribution in [1.29, 1.82) is 5.26 Å². The first-order valence-corrected chi connectivity index (χ1v) is 5.29. The summed E-state index contributed by atoms with van der Waals surface area (Å²) in [5.41, 5.74) is 0.684. The van der Waals surface area contributed by atoms with Gasteiger partial charge in [0.05, 0.1) is 13.2 Å². The molecule has 2 rings (SSSR count). The summed E-state index contributed by atoms with van der Waals surface area (Å²) in [6.07, 6.45) is 0. The predicted molar refractivity (Wildman–Crippen MR) is 62.5 cm³/mol. The summed E-state index contributed by atoms with van der Waals surface area (Å²) in [5.74, 6) is 0.878. The molecule has 0 spiro atoms. The molecule has 2 aromatic rings. The first-order chi connectivity index (χ1) is 8.86. The number of rotatable bonds is 1. The van der Waals surface area contributed by atoms with Crippen molar-refractivity contribution in [3.8, 4) is 11.8 Å². The number of ether oxygens (including phenoxy) is 1. The second kappa shape index (κ2) is 11.5. The molecule has 2 aromatic carbocycles. The van der Waals surface area contributed by atoms with Gasteiger partial charge in [0.25, 0.3) is 0 Å². The fourth-order valence-electron chi connectivity index (χ4n) is 0.969. The maximum absolute atomic E-state index is 8.27. The molecule has 0 N–H and O–H groups in total. The van der Waals surface area contributed by atoms with Crippen LogP contribution in [0.5, 0.6) is 5.75 Å². The summed E-state index contributed by atoms with van der Waals surface area (Å²) in [6, 6.07) is 22.0. The number of methoxy groups -OCH3 is 1. The van der Waals surface area contributed by atoms with Gasteiger partial charge in [0, 0.05) is 5.75 Å². The molecule has 0 saturated heterocycles. The standard InChI is InChI=1S/C7H4N.C7H7O.Co.O/c8-6-7-4-2-1-3-5-7;1-8-7-5-3-2-4-6-7;;/h2-5H;3-6H,1H3;;/q2*-1;;. The Hall–Kier alpha value is -1.96. The van der Waals surface area contributed by atoms with Crippen molar-refractivity contribution >= 4 is 0 Å². The van der Waals surface area contributed by atoms with E-state index in [1.807, 2.05) is 30.3 Å². The van der Waals surface area contributed by atoms with Gasteiger partial charge >= 0.3 is 19.5 Å². The van der Waals surface area contributed by atoms with E-state index in [2.05, 4.69) is 27.8 Å². The summed E-state index contributed by atoms with van der Waals surface area (Å²) in [4.78, 5) is 0. The minimum atomic E-state index is 0.684. The zero-order valence-electron chi connectivity index (χ0n) is 9.72. The maximum atomic E-state index is 8.27. The van der Waals surface area contributed by atoms with Gasteiger partial charge in [0.2, 0.25) is 0 Å². The molecule has 0 aromatic heterocycles. The van der Waals surface area contributed by atoms with Gasteiger partial charge in [0.15, 0.2) is 0 Å². The van der Waals surface area contributed by atoms with Crippen molar-refractivity contribution in [3.63, 3.8) is 0 Å². The summed E-state index contributed by atoms with van der Waals surface area (Å²) in [5, 5.41) is 8.27. The topological polar surface area (TPSA) is 50.1 Å². The van der Waals surface area contributed by atoms with Gasteiger partial charge in [-0.3, -0.25) is 0 Å². The average Bonchev–Trinajstić information content (AvgIpc) is 2.51. The van der Waals surface area contributed by atoms with Crippen molar-refractivity contribution in [2.24, 2.45) is 0 Å². The fourth-order valence-corrected chi connectivity index (χ4v) is 0.969. The quantitative estimate of drug-likeness (QED) is 0.756. The second-order valence-electron chi connectivity index (χ2n) is 2.84. The minimum absolute atomic E-state index is 0.684. The molecular formula is C14H11CoNO2-2. The van der Waals surface area contributed by atoms with Gasteiger partial charge < -0.3 is 4.74 Å².